The average molecular weight is 369 g/mol. The van der Waals surface area contributed by atoms with Gasteiger partial charge < -0.3 is 20.7 Å². The molecule has 0 bridgehead atoms. The second kappa shape index (κ2) is 11.6. The monoisotopic (exact) mass is 368 g/mol. The van der Waals surface area contributed by atoms with Crippen molar-refractivity contribution in [3.63, 3.8) is 0 Å². The molecule has 140 valence electrons. The highest BCUT2D eigenvalue weighted by atomic mass is 35.5. The van der Waals surface area contributed by atoms with Crippen molar-refractivity contribution in [1.29, 1.82) is 0 Å². The molecule has 0 saturated carbocycles. The van der Waals surface area contributed by atoms with Gasteiger partial charge in [0.2, 0.25) is 5.91 Å². The van der Waals surface area contributed by atoms with Gasteiger partial charge in [-0.25, -0.2) is 4.99 Å². The Balaban J connectivity index is 2.40. The molecule has 0 heterocycles. The molecule has 1 rings (SSSR count). The Morgan fingerprint density at radius 1 is 1.12 bits per heavy atom. The van der Waals surface area contributed by atoms with Gasteiger partial charge in [-0.1, -0.05) is 25.4 Å². The number of hydrogen-bond donors (Lipinski definition) is 3. The largest absolute Gasteiger partial charge is 0.489 e. The van der Waals surface area contributed by atoms with E-state index in [4.69, 9.17) is 16.3 Å². The van der Waals surface area contributed by atoms with Gasteiger partial charge in [0.15, 0.2) is 5.96 Å². The van der Waals surface area contributed by atoms with Crippen LogP contribution in [-0.4, -0.2) is 44.1 Å². The van der Waals surface area contributed by atoms with Crippen LogP contribution in [-0.2, 0) is 4.79 Å². The fourth-order valence-electron chi connectivity index (χ4n) is 1.92. The number of nitrogens with one attached hydrogen (secondary N) is 3. The number of aliphatic imine (C=N–C) groups is 1. The van der Waals surface area contributed by atoms with Crippen molar-refractivity contribution in [2.45, 2.75) is 33.8 Å². The Morgan fingerprint density at radius 2 is 1.76 bits per heavy atom. The van der Waals surface area contributed by atoms with Gasteiger partial charge in [0, 0.05) is 30.6 Å². The van der Waals surface area contributed by atoms with Gasteiger partial charge in [-0.2, -0.15) is 0 Å². The van der Waals surface area contributed by atoms with E-state index in [0.29, 0.717) is 30.6 Å². The minimum absolute atomic E-state index is 0.00669. The highest BCUT2D eigenvalue weighted by molar-refractivity contribution is 6.30. The molecule has 1 atom stereocenters. The summed E-state index contributed by atoms with van der Waals surface area (Å²) in [6, 6.07) is 7.26. The molecular weight excluding hydrogens is 340 g/mol. The first-order valence-corrected chi connectivity index (χ1v) is 9.02. The number of hydrogen-bond acceptors (Lipinski definition) is 3. The lowest BCUT2D eigenvalue weighted by Crippen LogP contribution is -2.42. The molecule has 0 fully saturated rings. The molecule has 3 N–H and O–H groups in total. The fourth-order valence-corrected chi connectivity index (χ4v) is 2.04. The zero-order chi connectivity index (χ0) is 18.7. The molecular formula is C18H29ClN4O2. The molecule has 0 aliphatic heterocycles. The van der Waals surface area contributed by atoms with Gasteiger partial charge in [-0.3, -0.25) is 4.79 Å². The minimum atomic E-state index is -0.0720. The first kappa shape index (κ1) is 21.1. The molecule has 0 spiro atoms. The molecule has 1 amide bonds. The molecule has 7 heteroatoms. The lowest BCUT2D eigenvalue weighted by atomic mass is 10.2. The van der Waals surface area contributed by atoms with E-state index in [9.17, 15) is 4.79 Å². The Hall–Kier alpha value is -1.95. The fraction of sp³-hybridized carbons (Fsp3) is 0.556. The maximum Gasteiger partial charge on any atom is 0.222 e. The lowest BCUT2D eigenvalue weighted by molar-refractivity contribution is -0.123. The lowest BCUT2D eigenvalue weighted by Gasteiger charge is -2.15. The van der Waals surface area contributed by atoms with Crippen molar-refractivity contribution >= 4 is 23.5 Å². The van der Waals surface area contributed by atoms with Crippen LogP contribution in [0.1, 0.15) is 27.7 Å². The van der Waals surface area contributed by atoms with Gasteiger partial charge in [-0.15, -0.1) is 0 Å². The number of ether oxygens (including phenoxy) is 1. The van der Waals surface area contributed by atoms with E-state index in [1.54, 1.807) is 12.1 Å². The van der Waals surface area contributed by atoms with Crippen molar-refractivity contribution in [3.8, 4) is 5.75 Å². The maximum absolute atomic E-state index is 11.5. The highest BCUT2D eigenvalue weighted by Gasteiger charge is 2.06. The summed E-state index contributed by atoms with van der Waals surface area (Å²) in [5.74, 6) is 1.51. The van der Waals surface area contributed by atoms with Crippen molar-refractivity contribution in [1.82, 2.24) is 16.0 Å². The minimum Gasteiger partial charge on any atom is -0.489 e. The molecule has 0 aliphatic rings. The molecule has 0 aromatic heterocycles. The molecule has 1 unspecified atom stereocenters. The van der Waals surface area contributed by atoms with Crippen molar-refractivity contribution in [2.24, 2.45) is 10.9 Å². The summed E-state index contributed by atoms with van der Waals surface area (Å²) in [5.41, 5.74) is 0. The van der Waals surface area contributed by atoms with Crippen molar-refractivity contribution < 1.29 is 9.53 Å². The van der Waals surface area contributed by atoms with Crippen LogP contribution in [0, 0.1) is 5.92 Å². The third-order valence-corrected chi connectivity index (χ3v) is 3.49. The Bertz CT molecular complexity index is 547. The summed E-state index contributed by atoms with van der Waals surface area (Å²) < 4.78 is 5.80. The summed E-state index contributed by atoms with van der Waals surface area (Å²) in [7, 11) is 0. The van der Waals surface area contributed by atoms with E-state index < -0.39 is 0 Å². The number of amides is 1. The van der Waals surface area contributed by atoms with E-state index in [1.807, 2.05) is 39.8 Å². The SMILES string of the molecule is CCNC(=NCC(C)Oc1ccc(Cl)cc1)NCCNC(=O)C(C)C. The summed E-state index contributed by atoms with van der Waals surface area (Å²) in [6.45, 7) is 10.1. The quantitative estimate of drug-likeness (QED) is 0.355. The zero-order valence-corrected chi connectivity index (χ0v) is 16.2. The normalized spacial score (nSPS) is 12.6. The van der Waals surface area contributed by atoms with Crippen molar-refractivity contribution in [2.75, 3.05) is 26.2 Å². The Morgan fingerprint density at radius 3 is 2.36 bits per heavy atom. The first-order chi connectivity index (χ1) is 11.9. The topological polar surface area (TPSA) is 74.8 Å². The third-order valence-electron chi connectivity index (χ3n) is 3.24. The first-order valence-electron chi connectivity index (χ1n) is 8.64. The van der Waals surface area contributed by atoms with Crippen molar-refractivity contribution in [3.05, 3.63) is 29.3 Å². The van der Waals surface area contributed by atoms with E-state index >= 15 is 0 Å². The van der Waals surface area contributed by atoms with Gasteiger partial charge >= 0.3 is 0 Å². The van der Waals surface area contributed by atoms with Crippen LogP contribution < -0.4 is 20.7 Å². The number of nitrogens with zero attached hydrogens (tertiary/aromatic N) is 1. The second-order valence-electron chi connectivity index (χ2n) is 5.97. The summed E-state index contributed by atoms with van der Waals surface area (Å²) in [5, 5.41) is 9.91. The second-order valence-corrected chi connectivity index (χ2v) is 6.41. The van der Waals surface area contributed by atoms with Crippen LogP contribution in [0.2, 0.25) is 5.02 Å². The van der Waals surface area contributed by atoms with Crippen LogP contribution in [0.25, 0.3) is 0 Å². The molecule has 25 heavy (non-hydrogen) atoms. The van der Waals surface area contributed by atoms with Crippen LogP contribution in [0.15, 0.2) is 29.3 Å². The molecule has 0 radical (unpaired) electrons. The van der Waals surface area contributed by atoms with Crippen LogP contribution in [0.3, 0.4) is 0 Å². The molecule has 1 aromatic carbocycles. The van der Waals surface area contributed by atoms with Gasteiger partial charge in [0.25, 0.3) is 0 Å². The number of carbonyl (C=O) groups is 1. The predicted octanol–water partition coefficient (Wildman–Crippen LogP) is 2.43. The number of rotatable bonds is 9. The number of guanidine groups is 1. The van der Waals surface area contributed by atoms with E-state index in [1.165, 1.54) is 0 Å². The van der Waals surface area contributed by atoms with E-state index in [0.717, 1.165) is 12.3 Å². The smallest absolute Gasteiger partial charge is 0.222 e. The Labute approximate surface area is 155 Å². The third kappa shape index (κ3) is 9.19. The van der Waals surface area contributed by atoms with Gasteiger partial charge in [-0.05, 0) is 38.1 Å². The number of benzene rings is 1. The Kier molecular flexibility index (Phi) is 9.77. The number of halogens is 1. The van der Waals surface area contributed by atoms with Gasteiger partial charge in [0.05, 0.1) is 6.54 Å². The highest BCUT2D eigenvalue weighted by Crippen LogP contribution is 2.16. The van der Waals surface area contributed by atoms with Crippen LogP contribution in [0.4, 0.5) is 0 Å². The molecule has 0 aliphatic carbocycles. The zero-order valence-electron chi connectivity index (χ0n) is 15.4. The van der Waals surface area contributed by atoms with E-state index in [-0.39, 0.29) is 17.9 Å². The number of carbonyl (C=O) groups excluding carboxylic acids is 1. The molecule has 0 saturated heterocycles. The maximum atomic E-state index is 11.5. The summed E-state index contributed by atoms with van der Waals surface area (Å²) in [6.07, 6.45) is -0.0720. The summed E-state index contributed by atoms with van der Waals surface area (Å²) >= 11 is 5.86. The molecule has 6 nitrogen and oxygen atoms in total. The summed E-state index contributed by atoms with van der Waals surface area (Å²) in [4.78, 5) is 16.0. The van der Waals surface area contributed by atoms with E-state index in [2.05, 4.69) is 20.9 Å². The average Bonchev–Trinajstić information content (AvgIpc) is 2.58. The van der Waals surface area contributed by atoms with Gasteiger partial charge in [0.1, 0.15) is 11.9 Å². The van der Waals surface area contributed by atoms with Crippen LogP contribution in [0.5, 0.6) is 5.75 Å². The van der Waals surface area contributed by atoms with Crippen LogP contribution >= 0.6 is 11.6 Å². The predicted molar refractivity (Wildman–Crippen MR) is 103 cm³/mol. The standard InChI is InChI=1S/C18H29ClN4O2/c1-5-20-18(22-11-10-21-17(24)13(2)3)23-12-14(4)25-16-8-6-15(19)7-9-16/h6-9,13-14H,5,10-12H2,1-4H3,(H,21,24)(H2,20,22,23). The molecule has 1 aromatic rings.